The first-order valence-electron chi connectivity index (χ1n) is 7.66. The molecule has 0 aliphatic carbocycles. The van der Waals surface area contributed by atoms with Crippen molar-refractivity contribution in [2.45, 2.75) is 25.5 Å². The lowest BCUT2D eigenvalue weighted by Gasteiger charge is -2.17. The van der Waals surface area contributed by atoms with Crippen molar-refractivity contribution in [2.24, 2.45) is 0 Å². The van der Waals surface area contributed by atoms with E-state index in [-0.39, 0.29) is 18.2 Å². The first-order chi connectivity index (χ1) is 11.1. The Morgan fingerprint density at radius 2 is 2.13 bits per heavy atom. The number of ether oxygens (including phenoxy) is 1. The van der Waals surface area contributed by atoms with Gasteiger partial charge in [0.05, 0.1) is 12.6 Å². The van der Waals surface area contributed by atoms with Crippen LogP contribution < -0.4 is 15.4 Å². The third-order valence-electron chi connectivity index (χ3n) is 3.90. The molecule has 2 N–H and O–H groups in total. The molecule has 0 aromatic heterocycles. The Morgan fingerprint density at radius 1 is 1.30 bits per heavy atom. The third-order valence-corrected chi connectivity index (χ3v) is 4.39. The number of urea groups is 1. The van der Waals surface area contributed by atoms with Gasteiger partial charge in [-0.3, -0.25) is 0 Å². The average molecular weight is 375 g/mol. The van der Waals surface area contributed by atoms with Gasteiger partial charge in [0.1, 0.15) is 11.9 Å². The van der Waals surface area contributed by atoms with Crippen LogP contribution in [0.3, 0.4) is 0 Å². The number of halogens is 1. The highest BCUT2D eigenvalue weighted by Crippen LogP contribution is 2.27. The molecular formula is C18H19BrN2O2. The predicted molar refractivity (Wildman–Crippen MR) is 93.7 cm³/mol. The number of fused-ring (bicyclic) bond motifs is 1. The zero-order valence-electron chi connectivity index (χ0n) is 12.9. The van der Waals surface area contributed by atoms with E-state index < -0.39 is 0 Å². The number of carbonyl (C=O) groups is 1. The monoisotopic (exact) mass is 374 g/mol. The minimum absolute atomic E-state index is 0.000624. The van der Waals surface area contributed by atoms with E-state index in [4.69, 9.17) is 4.74 Å². The molecule has 1 aliphatic rings. The average Bonchev–Trinajstić information content (AvgIpc) is 2.96. The van der Waals surface area contributed by atoms with Crippen LogP contribution >= 0.6 is 15.9 Å². The Balaban J connectivity index is 1.47. The smallest absolute Gasteiger partial charge is 0.315 e. The normalized spacial score (nSPS) is 17.0. The van der Waals surface area contributed by atoms with E-state index in [1.807, 2.05) is 49.4 Å². The predicted octanol–water partition coefficient (Wildman–Crippen LogP) is 3.81. The van der Waals surface area contributed by atoms with Gasteiger partial charge in [-0.2, -0.15) is 0 Å². The van der Waals surface area contributed by atoms with Crippen molar-refractivity contribution in [1.29, 1.82) is 0 Å². The molecule has 2 amide bonds. The molecule has 2 aromatic carbocycles. The number of para-hydroxylation sites is 1. The molecule has 5 heteroatoms. The van der Waals surface area contributed by atoms with Crippen LogP contribution in [-0.2, 0) is 6.42 Å². The van der Waals surface area contributed by atoms with Crippen LogP contribution in [0.2, 0.25) is 0 Å². The van der Waals surface area contributed by atoms with E-state index in [1.54, 1.807) is 0 Å². The summed E-state index contributed by atoms with van der Waals surface area (Å²) >= 11 is 3.44. The van der Waals surface area contributed by atoms with Crippen LogP contribution in [0.4, 0.5) is 4.79 Å². The van der Waals surface area contributed by atoms with Crippen molar-refractivity contribution in [2.75, 3.05) is 6.54 Å². The first-order valence-corrected chi connectivity index (χ1v) is 8.45. The van der Waals surface area contributed by atoms with Crippen molar-refractivity contribution < 1.29 is 9.53 Å². The fourth-order valence-electron chi connectivity index (χ4n) is 2.68. The van der Waals surface area contributed by atoms with Gasteiger partial charge in [-0.25, -0.2) is 4.79 Å². The van der Waals surface area contributed by atoms with Gasteiger partial charge in [0.25, 0.3) is 0 Å². The van der Waals surface area contributed by atoms with Crippen LogP contribution in [0.15, 0.2) is 53.0 Å². The molecule has 2 atom stereocenters. The maximum absolute atomic E-state index is 12.1. The second-order valence-corrected chi connectivity index (χ2v) is 6.60. The van der Waals surface area contributed by atoms with Crippen LogP contribution in [0, 0.1) is 0 Å². The van der Waals surface area contributed by atoms with Gasteiger partial charge in [-0.15, -0.1) is 0 Å². The van der Waals surface area contributed by atoms with Gasteiger partial charge in [-0.05, 0) is 36.2 Å². The van der Waals surface area contributed by atoms with E-state index in [0.29, 0.717) is 6.54 Å². The second-order valence-electron chi connectivity index (χ2n) is 5.68. The standard InChI is InChI=1S/C18H19BrN2O2/c1-12(13-6-4-7-15(19)9-13)21-18(22)20-11-16-10-14-5-2-3-8-17(14)23-16/h2-9,12,16H,10-11H2,1H3,(H2,20,21,22). The molecule has 4 nitrogen and oxygen atoms in total. The molecule has 2 unspecified atom stereocenters. The summed E-state index contributed by atoms with van der Waals surface area (Å²) in [5.41, 5.74) is 2.25. The summed E-state index contributed by atoms with van der Waals surface area (Å²) in [5, 5.41) is 5.83. The summed E-state index contributed by atoms with van der Waals surface area (Å²) in [7, 11) is 0. The highest BCUT2D eigenvalue weighted by atomic mass is 79.9. The third kappa shape index (κ3) is 4.05. The lowest BCUT2D eigenvalue weighted by molar-refractivity contribution is 0.212. The van der Waals surface area contributed by atoms with Gasteiger partial charge >= 0.3 is 6.03 Å². The lowest BCUT2D eigenvalue weighted by atomic mass is 10.1. The van der Waals surface area contributed by atoms with Crippen molar-refractivity contribution >= 4 is 22.0 Å². The molecule has 0 saturated heterocycles. The van der Waals surface area contributed by atoms with Crippen LogP contribution in [0.25, 0.3) is 0 Å². The number of benzene rings is 2. The molecule has 1 aliphatic heterocycles. The molecule has 23 heavy (non-hydrogen) atoms. The molecular weight excluding hydrogens is 356 g/mol. The van der Waals surface area contributed by atoms with Gasteiger partial charge in [0, 0.05) is 10.9 Å². The minimum Gasteiger partial charge on any atom is -0.488 e. The van der Waals surface area contributed by atoms with Crippen LogP contribution in [0.1, 0.15) is 24.1 Å². The molecule has 0 radical (unpaired) electrons. The quantitative estimate of drug-likeness (QED) is 0.854. The van der Waals surface area contributed by atoms with Crippen molar-refractivity contribution in [3.8, 4) is 5.75 Å². The Kier molecular flexibility index (Phi) is 4.86. The Hall–Kier alpha value is -2.01. The molecule has 120 valence electrons. The second kappa shape index (κ2) is 7.04. The zero-order valence-corrected chi connectivity index (χ0v) is 14.5. The van der Waals surface area contributed by atoms with Crippen LogP contribution in [0.5, 0.6) is 5.75 Å². The molecule has 2 aromatic rings. The molecule has 0 bridgehead atoms. The number of hydrogen-bond acceptors (Lipinski definition) is 2. The zero-order chi connectivity index (χ0) is 16.2. The van der Waals surface area contributed by atoms with E-state index >= 15 is 0 Å². The molecule has 0 saturated carbocycles. The summed E-state index contributed by atoms with van der Waals surface area (Å²) in [5.74, 6) is 0.919. The van der Waals surface area contributed by atoms with Crippen molar-refractivity contribution in [3.05, 3.63) is 64.1 Å². The van der Waals surface area contributed by atoms with Crippen molar-refractivity contribution in [3.63, 3.8) is 0 Å². The van der Waals surface area contributed by atoms with Gasteiger partial charge < -0.3 is 15.4 Å². The number of hydrogen-bond donors (Lipinski definition) is 2. The summed E-state index contributed by atoms with van der Waals surface area (Å²) in [6.07, 6.45) is 0.830. The molecule has 3 rings (SSSR count). The number of nitrogens with one attached hydrogen (secondary N) is 2. The summed E-state index contributed by atoms with van der Waals surface area (Å²) in [4.78, 5) is 12.1. The van der Waals surface area contributed by atoms with E-state index in [0.717, 1.165) is 22.2 Å². The maximum Gasteiger partial charge on any atom is 0.315 e. The highest BCUT2D eigenvalue weighted by Gasteiger charge is 2.22. The first kappa shape index (κ1) is 15.9. The Bertz CT molecular complexity index is 680. The minimum atomic E-state index is -0.183. The van der Waals surface area contributed by atoms with Crippen LogP contribution in [-0.4, -0.2) is 18.7 Å². The van der Waals surface area contributed by atoms with Gasteiger partial charge in [0.2, 0.25) is 0 Å². The summed E-state index contributed by atoms with van der Waals surface area (Å²) < 4.78 is 6.82. The van der Waals surface area contributed by atoms with E-state index in [2.05, 4.69) is 32.6 Å². The van der Waals surface area contributed by atoms with Crippen molar-refractivity contribution in [1.82, 2.24) is 10.6 Å². The molecule has 0 fully saturated rings. The lowest BCUT2D eigenvalue weighted by Crippen LogP contribution is -2.41. The fourth-order valence-corrected chi connectivity index (χ4v) is 3.10. The van der Waals surface area contributed by atoms with Gasteiger partial charge in [0.15, 0.2) is 0 Å². The van der Waals surface area contributed by atoms with E-state index in [1.165, 1.54) is 5.56 Å². The fraction of sp³-hybridized carbons (Fsp3) is 0.278. The van der Waals surface area contributed by atoms with Gasteiger partial charge in [-0.1, -0.05) is 46.3 Å². The molecule has 0 spiro atoms. The number of amides is 2. The number of carbonyl (C=O) groups excluding carboxylic acids is 1. The highest BCUT2D eigenvalue weighted by molar-refractivity contribution is 9.10. The van der Waals surface area contributed by atoms with E-state index in [9.17, 15) is 4.79 Å². The topological polar surface area (TPSA) is 50.4 Å². The summed E-state index contributed by atoms with van der Waals surface area (Å²) in [6.45, 7) is 2.45. The summed E-state index contributed by atoms with van der Waals surface area (Å²) in [6, 6.07) is 15.7. The number of rotatable bonds is 4. The Morgan fingerprint density at radius 3 is 2.91 bits per heavy atom. The maximum atomic E-state index is 12.1. The Labute approximate surface area is 144 Å². The molecule has 1 heterocycles. The SMILES string of the molecule is CC(NC(=O)NCC1Cc2ccccc2O1)c1cccc(Br)c1. The largest absolute Gasteiger partial charge is 0.488 e.